The number of anilines is 2. The van der Waals surface area contributed by atoms with Crippen LogP contribution in [0.3, 0.4) is 0 Å². The number of para-hydroxylation sites is 1. The first kappa shape index (κ1) is 16.7. The Kier molecular flexibility index (Phi) is 5.37. The molecule has 0 unspecified atom stereocenters. The molecule has 0 saturated carbocycles. The molecule has 1 aromatic heterocycles. The quantitative estimate of drug-likeness (QED) is 0.870. The minimum Gasteiger partial charge on any atom is -0.338 e. The normalized spacial score (nSPS) is 11.4. The molecule has 1 aromatic carbocycles. The molecule has 2 aromatic rings. The average molecular weight is 340 g/mol. The molecule has 0 aliphatic rings. The zero-order valence-electron chi connectivity index (χ0n) is 12.5. The Balaban J connectivity index is 2.43. The van der Waals surface area contributed by atoms with E-state index in [1.165, 1.54) is 6.20 Å². The number of sulfone groups is 1. The highest BCUT2D eigenvalue weighted by Crippen LogP contribution is 2.28. The lowest BCUT2D eigenvalue weighted by molar-refractivity contribution is 0.595. The van der Waals surface area contributed by atoms with Crippen LogP contribution in [0.15, 0.2) is 35.4 Å². The predicted octanol–water partition coefficient (Wildman–Crippen LogP) is 3.62. The van der Waals surface area contributed by atoms with Gasteiger partial charge in [-0.2, -0.15) is 0 Å². The number of rotatable bonds is 6. The number of halogens is 1. The molecule has 0 atom stereocenters. The summed E-state index contributed by atoms with van der Waals surface area (Å²) in [6, 6.07) is 6.76. The summed E-state index contributed by atoms with van der Waals surface area (Å²) in [5.41, 5.74) is 0.471. The molecule has 0 amide bonds. The van der Waals surface area contributed by atoms with Crippen molar-refractivity contribution in [2.75, 3.05) is 11.1 Å². The Morgan fingerprint density at radius 2 is 1.95 bits per heavy atom. The van der Waals surface area contributed by atoms with Crippen molar-refractivity contribution in [1.29, 1.82) is 0 Å². The zero-order chi connectivity index (χ0) is 16.2. The van der Waals surface area contributed by atoms with Gasteiger partial charge in [0, 0.05) is 6.42 Å². The van der Waals surface area contributed by atoms with Crippen LogP contribution in [0.25, 0.3) is 0 Å². The van der Waals surface area contributed by atoms with Gasteiger partial charge in [-0.1, -0.05) is 37.6 Å². The Hall–Kier alpha value is -1.66. The average Bonchev–Trinajstić information content (AvgIpc) is 2.50. The molecular weight excluding hydrogens is 322 g/mol. The van der Waals surface area contributed by atoms with Crippen molar-refractivity contribution in [3.63, 3.8) is 0 Å². The van der Waals surface area contributed by atoms with Crippen LogP contribution in [0.4, 0.5) is 11.5 Å². The lowest BCUT2D eigenvalue weighted by Gasteiger charge is -2.13. The second-order valence-corrected chi connectivity index (χ2v) is 7.26. The van der Waals surface area contributed by atoms with Crippen molar-refractivity contribution in [1.82, 2.24) is 9.97 Å². The maximum atomic E-state index is 12.3. The maximum absolute atomic E-state index is 12.3. The Morgan fingerprint density at radius 3 is 2.64 bits per heavy atom. The minimum atomic E-state index is -3.34. The van der Waals surface area contributed by atoms with Crippen LogP contribution < -0.4 is 5.32 Å². The third kappa shape index (κ3) is 3.75. The summed E-state index contributed by atoms with van der Waals surface area (Å²) < 4.78 is 24.7. The first-order valence-electron chi connectivity index (χ1n) is 7.08. The third-order valence-electron chi connectivity index (χ3n) is 3.06. The van der Waals surface area contributed by atoms with Crippen molar-refractivity contribution in [2.24, 2.45) is 0 Å². The van der Waals surface area contributed by atoms with Gasteiger partial charge < -0.3 is 5.32 Å². The number of hydrogen-bond acceptors (Lipinski definition) is 5. The molecule has 1 heterocycles. The summed E-state index contributed by atoms with van der Waals surface area (Å²) in [5.74, 6) is 1.15. The van der Waals surface area contributed by atoms with E-state index < -0.39 is 9.84 Å². The molecule has 2 rings (SSSR count). The molecule has 118 valence electrons. The van der Waals surface area contributed by atoms with Crippen LogP contribution in [-0.4, -0.2) is 24.1 Å². The van der Waals surface area contributed by atoms with Gasteiger partial charge in [-0.25, -0.2) is 18.4 Å². The SMILES string of the molecule is CCCS(=O)(=O)c1ccccc1Nc1nc(CC)ncc1Cl. The van der Waals surface area contributed by atoms with E-state index in [-0.39, 0.29) is 10.6 Å². The fourth-order valence-corrected chi connectivity index (χ4v) is 3.64. The Labute approximate surface area is 135 Å². The van der Waals surface area contributed by atoms with E-state index in [0.717, 1.165) is 0 Å². The van der Waals surface area contributed by atoms with E-state index in [1.807, 2.05) is 13.8 Å². The highest BCUT2D eigenvalue weighted by Gasteiger charge is 2.18. The topological polar surface area (TPSA) is 72.0 Å². The third-order valence-corrected chi connectivity index (χ3v) is 5.31. The molecule has 7 heteroatoms. The van der Waals surface area contributed by atoms with Crippen LogP contribution in [-0.2, 0) is 16.3 Å². The highest BCUT2D eigenvalue weighted by atomic mass is 35.5. The van der Waals surface area contributed by atoms with Gasteiger partial charge in [0.05, 0.1) is 22.5 Å². The number of nitrogens with zero attached hydrogens (tertiary/aromatic N) is 2. The first-order chi connectivity index (χ1) is 10.5. The largest absolute Gasteiger partial charge is 0.338 e. The van der Waals surface area contributed by atoms with Gasteiger partial charge in [-0.15, -0.1) is 0 Å². The number of nitrogens with one attached hydrogen (secondary N) is 1. The van der Waals surface area contributed by atoms with Crippen LogP contribution >= 0.6 is 11.6 Å². The van der Waals surface area contributed by atoms with E-state index in [0.29, 0.717) is 35.2 Å². The van der Waals surface area contributed by atoms with Crippen molar-refractivity contribution < 1.29 is 8.42 Å². The fourth-order valence-electron chi connectivity index (χ4n) is 2.01. The summed E-state index contributed by atoms with van der Waals surface area (Å²) >= 11 is 6.09. The van der Waals surface area contributed by atoms with Crippen molar-refractivity contribution in [2.45, 2.75) is 31.6 Å². The minimum absolute atomic E-state index is 0.101. The van der Waals surface area contributed by atoms with E-state index in [4.69, 9.17) is 11.6 Å². The monoisotopic (exact) mass is 339 g/mol. The zero-order valence-corrected chi connectivity index (χ0v) is 14.1. The number of aromatic nitrogens is 2. The van der Waals surface area contributed by atoms with Crippen molar-refractivity contribution in [3.8, 4) is 0 Å². The number of hydrogen-bond donors (Lipinski definition) is 1. The molecule has 0 fully saturated rings. The van der Waals surface area contributed by atoms with Gasteiger partial charge in [0.1, 0.15) is 10.8 Å². The van der Waals surface area contributed by atoms with E-state index in [2.05, 4.69) is 15.3 Å². The highest BCUT2D eigenvalue weighted by molar-refractivity contribution is 7.91. The number of benzene rings is 1. The van der Waals surface area contributed by atoms with Gasteiger partial charge in [-0.05, 0) is 18.6 Å². The van der Waals surface area contributed by atoms with Crippen molar-refractivity contribution >= 4 is 32.9 Å². The molecule has 22 heavy (non-hydrogen) atoms. The smallest absolute Gasteiger partial charge is 0.180 e. The van der Waals surface area contributed by atoms with Crippen LogP contribution in [0.1, 0.15) is 26.1 Å². The molecular formula is C15H18ClN3O2S. The van der Waals surface area contributed by atoms with Crippen molar-refractivity contribution in [3.05, 3.63) is 41.3 Å². The summed E-state index contributed by atoms with van der Waals surface area (Å²) in [6.07, 6.45) is 2.74. The molecule has 0 aliphatic carbocycles. The standard InChI is InChI=1S/C15H18ClN3O2S/c1-3-9-22(20,21)13-8-6-5-7-12(13)18-15-11(16)10-17-14(4-2)19-15/h5-8,10H,3-4,9H2,1-2H3,(H,17,18,19). The summed E-state index contributed by atoms with van der Waals surface area (Å²) in [7, 11) is -3.34. The van der Waals surface area contributed by atoms with E-state index in [1.54, 1.807) is 24.3 Å². The maximum Gasteiger partial charge on any atom is 0.180 e. The van der Waals surface area contributed by atoms with Gasteiger partial charge in [0.25, 0.3) is 0 Å². The van der Waals surface area contributed by atoms with Crippen LogP contribution in [0.5, 0.6) is 0 Å². The molecule has 0 saturated heterocycles. The second-order valence-electron chi connectivity index (χ2n) is 4.78. The first-order valence-corrected chi connectivity index (χ1v) is 9.11. The van der Waals surface area contributed by atoms with Gasteiger partial charge in [0.15, 0.2) is 15.7 Å². The molecule has 0 radical (unpaired) electrons. The Bertz CT molecular complexity index is 763. The second kappa shape index (κ2) is 7.07. The van der Waals surface area contributed by atoms with Gasteiger partial charge in [0.2, 0.25) is 0 Å². The summed E-state index contributed by atoms with van der Waals surface area (Å²) in [4.78, 5) is 8.66. The fraction of sp³-hybridized carbons (Fsp3) is 0.333. The Morgan fingerprint density at radius 1 is 1.23 bits per heavy atom. The molecule has 0 spiro atoms. The lowest BCUT2D eigenvalue weighted by atomic mass is 10.3. The summed E-state index contributed by atoms with van der Waals surface area (Å²) in [6.45, 7) is 3.77. The predicted molar refractivity (Wildman–Crippen MR) is 88.5 cm³/mol. The van der Waals surface area contributed by atoms with Gasteiger partial charge in [-0.3, -0.25) is 0 Å². The molecule has 0 aliphatic heterocycles. The van der Waals surface area contributed by atoms with Gasteiger partial charge >= 0.3 is 0 Å². The van der Waals surface area contributed by atoms with Crippen LogP contribution in [0, 0.1) is 0 Å². The molecule has 0 bridgehead atoms. The molecule has 5 nitrogen and oxygen atoms in total. The number of aryl methyl sites for hydroxylation is 1. The van der Waals surface area contributed by atoms with E-state index >= 15 is 0 Å². The van der Waals surface area contributed by atoms with E-state index in [9.17, 15) is 8.42 Å². The molecule has 1 N–H and O–H groups in total. The lowest BCUT2D eigenvalue weighted by Crippen LogP contribution is -2.09. The summed E-state index contributed by atoms with van der Waals surface area (Å²) in [5, 5.41) is 3.36. The van der Waals surface area contributed by atoms with Crippen LogP contribution in [0.2, 0.25) is 5.02 Å².